The molecule has 0 spiro atoms. The SMILES string of the molecule is Cc1ccc2cccc(NC(=O)CCS(=O)(=O)C3CCCC3)c2n1. The average Bonchev–Trinajstić information content (AvgIpc) is 3.09. The van der Waals surface area contributed by atoms with Gasteiger partial charge in [-0.05, 0) is 31.9 Å². The van der Waals surface area contributed by atoms with Crippen LogP contribution in [-0.4, -0.2) is 30.3 Å². The normalized spacial score (nSPS) is 15.7. The number of carbonyl (C=O) groups is 1. The Morgan fingerprint density at radius 2 is 1.96 bits per heavy atom. The third-order valence-electron chi connectivity index (χ3n) is 4.56. The molecule has 0 radical (unpaired) electrons. The first kappa shape index (κ1) is 16.9. The van der Waals surface area contributed by atoms with Gasteiger partial charge in [0.05, 0.1) is 22.2 Å². The van der Waals surface area contributed by atoms with Crippen LogP contribution in [0.3, 0.4) is 0 Å². The summed E-state index contributed by atoms with van der Waals surface area (Å²) in [7, 11) is -3.17. The summed E-state index contributed by atoms with van der Waals surface area (Å²) >= 11 is 0. The molecule has 1 aliphatic rings. The number of benzene rings is 1. The summed E-state index contributed by atoms with van der Waals surface area (Å²) in [4.78, 5) is 16.7. The molecule has 0 atom stereocenters. The van der Waals surface area contributed by atoms with Gasteiger partial charge in [-0.25, -0.2) is 8.42 Å². The lowest BCUT2D eigenvalue weighted by Gasteiger charge is -2.12. The van der Waals surface area contributed by atoms with E-state index in [4.69, 9.17) is 0 Å². The largest absolute Gasteiger partial charge is 0.324 e. The Morgan fingerprint density at radius 1 is 1.21 bits per heavy atom. The monoisotopic (exact) mass is 346 g/mol. The maximum Gasteiger partial charge on any atom is 0.225 e. The van der Waals surface area contributed by atoms with Crippen LogP contribution >= 0.6 is 0 Å². The zero-order chi connectivity index (χ0) is 17.2. The molecule has 1 aromatic heterocycles. The Labute approximate surface area is 142 Å². The summed E-state index contributed by atoms with van der Waals surface area (Å²) in [5.41, 5.74) is 2.22. The molecule has 1 saturated carbocycles. The molecule has 128 valence electrons. The van der Waals surface area contributed by atoms with Crippen LogP contribution in [-0.2, 0) is 14.6 Å². The van der Waals surface area contributed by atoms with E-state index in [-0.39, 0.29) is 23.3 Å². The van der Waals surface area contributed by atoms with Crippen LogP contribution in [0.5, 0.6) is 0 Å². The molecule has 1 heterocycles. The van der Waals surface area contributed by atoms with Crippen LogP contribution in [0.2, 0.25) is 0 Å². The summed E-state index contributed by atoms with van der Waals surface area (Å²) in [6, 6.07) is 9.45. The van der Waals surface area contributed by atoms with Gasteiger partial charge in [-0.15, -0.1) is 0 Å². The number of nitrogens with one attached hydrogen (secondary N) is 1. The van der Waals surface area contributed by atoms with Gasteiger partial charge in [-0.1, -0.05) is 31.0 Å². The Hall–Kier alpha value is -1.95. The lowest BCUT2D eigenvalue weighted by Crippen LogP contribution is -2.24. The van der Waals surface area contributed by atoms with Gasteiger partial charge in [0, 0.05) is 17.5 Å². The summed E-state index contributed by atoms with van der Waals surface area (Å²) in [6.45, 7) is 1.90. The topological polar surface area (TPSA) is 76.1 Å². The molecule has 0 bridgehead atoms. The number of fused-ring (bicyclic) bond motifs is 1. The van der Waals surface area contributed by atoms with E-state index in [1.807, 2.05) is 31.2 Å². The zero-order valence-electron chi connectivity index (χ0n) is 13.8. The molecule has 1 aliphatic carbocycles. The Kier molecular flexibility index (Phi) is 4.85. The van der Waals surface area contributed by atoms with E-state index in [0.717, 1.165) is 42.3 Å². The molecule has 3 rings (SSSR count). The van der Waals surface area contributed by atoms with E-state index >= 15 is 0 Å². The van der Waals surface area contributed by atoms with Crippen molar-refractivity contribution in [3.05, 3.63) is 36.0 Å². The minimum Gasteiger partial charge on any atom is -0.324 e. The Morgan fingerprint density at radius 3 is 2.71 bits per heavy atom. The van der Waals surface area contributed by atoms with Crippen molar-refractivity contribution >= 4 is 32.3 Å². The highest BCUT2D eigenvalue weighted by atomic mass is 32.2. The van der Waals surface area contributed by atoms with Gasteiger partial charge < -0.3 is 5.32 Å². The van der Waals surface area contributed by atoms with E-state index in [1.54, 1.807) is 6.07 Å². The molecule has 0 aliphatic heterocycles. The van der Waals surface area contributed by atoms with Gasteiger partial charge >= 0.3 is 0 Å². The number of carbonyl (C=O) groups excluding carboxylic acids is 1. The molecular weight excluding hydrogens is 324 g/mol. The fourth-order valence-corrected chi connectivity index (χ4v) is 5.06. The van der Waals surface area contributed by atoms with E-state index in [0.29, 0.717) is 5.69 Å². The van der Waals surface area contributed by atoms with Gasteiger partial charge in [0.2, 0.25) is 5.91 Å². The third kappa shape index (κ3) is 3.75. The highest BCUT2D eigenvalue weighted by Crippen LogP contribution is 2.26. The lowest BCUT2D eigenvalue weighted by atomic mass is 10.1. The first-order valence-electron chi connectivity index (χ1n) is 8.33. The molecule has 1 fully saturated rings. The minimum atomic E-state index is -3.17. The molecule has 24 heavy (non-hydrogen) atoms. The van der Waals surface area contributed by atoms with Gasteiger partial charge in [0.25, 0.3) is 0 Å². The highest BCUT2D eigenvalue weighted by Gasteiger charge is 2.28. The smallest absolute Gasteiger partial charge is 0.225 e. The van der Waals surface area contributed by atoms with E-state index in [1.165, 1.54) is 0 Å². The van der Waals surface area contributed by atoms with Crippen molar-refractivity contribution in [1.29, 1.82) is 0 Å². The van der Waals surface area contributed by atoms with Crippen molar-refractivity contribution in [2.75, 3.05) is 11.1 Å². The molecule has 0 unspecified atom stereocenters. The number of nitrogens with zero attached hydrogens (tertiary/aromatic N) is 1. The summed E-state index contributed by atoms with van der Waals surface area (Å²) in [5.74, 6) is -0.367. The quantitative estimate of drug-likeness (QED) is 0.902. The van der Waals surface area contributed by atoms with Gasteiger partial charge in [-0.3, -0.25) is 9.78 Å². The predicted octanol–water partition coefficient (Wildman–Crippen LogP) is 3.23. The fraction of sp³-hybridized carbons (Fsp3) is 0.444. The number of amides is 1. The second-order valence-corrected chi connectivity index (χ2v) is 8.80. The standard InChI is InChI=1S/C18H22N2O3S/c1-13-9-10-14-5-4-8-16(18(14)19-13)20-17(21)11-12-24(22,23)15-6-2-3-7-15/h4-5,8-10,15H,2-3,6-7,11-12H2,1H3,(H,20,21). The number of sulfone groups is 1. The maximum absolute atomic E-state index is 12.3. The van der Waals surface area contributed by atoms with Crippen molar-refractivity contribution in [1.82, 2.24) is 4.98 Å². The van der Waals surface area contributed by atoms with Crippen molar-refractivity contribution in [2.24, 2.45) is 0 Å². The number of rotatable bonds is 5. The van der Waals surface area contributed by atoms with Gasteiger partial charge in [0.15, 0.2) is 9.84 Å². The highest BCUT2D eigenvalue weighted by molar-refractivity contribution is 7.92. The number of aryl methyl sites for hydroxylation is 1. The molecule has 5 nitrogen and oxygen atoms in total. The van der Waals surface area contributed by atoms with Crippen LogP contribution in [0.25, 0.3) is 10.9 Å². The molecule has 1 N–H and O–H groups in total. The Bertz CT molecular complexity index is 856. The number of aromatic nitrogens is 1. The zero-order valence-corrected chi connectivity index (χ0v) is 14.6. The molecule has 6 heteroatoms. The van der Waals surface area contributed by atoms with Crippen molar-refractivity contribution in [3.8, 4) is 0 Å². The second kappa shape index (κ2) is 6.89. The third-order valence-corrected chi connectivity index (χ3v) is 6.82. The van der Waals surface area contributed by atoms with Crippen LogP contribution in [0.1, 0.15) is 37.8 Å². The summed E-state index contributed by atoms with van der Waals surface area (Å²) < 4.78 is 24.5. The molecule has 0 saturated heterocycles. The second-order valence-electron chi connectivity index (χ2n) is 6.40. The Balaban J connectivity index is 1.68. The number of anilines is 1. The average molecular weight is 346 g/mol. The van der Waals surface area contributed by atoms with Crippen molar-refractivity contribution in [3.63, 3.8) is 0 Å². The number of pyridine rings is 1. The van der Waals surface area contributed by atoms with E-state index in [9.17, 15) is 13.2 Å². The van der Waals surface area contributed by atoms with Gasteiger partial charge in [-0.2, -0.15) is 0 Å². The van der Waals surface area contributed by atoms with E-state index in [2.05, 4.69) is 10.3 Å². The maximum atomic E-state index is 12.3. The fourth-order valence-electron chi connectivity index (χ4n) is 3.21. The molecule has 1 aromatic carbocycles. The summed E-state index contributed by atoms with van der Waals surface area (Å²) in [6.07, 6.45) is 3.39. The van der Waals surface area contributed by atoms with Crippen molar-refractivity contribution < 1.29 is 13.2 Å². The summed E-state index contributed by atoms with van der Waals surface area (Å²) in [5, 5.41) is 3.49. The van der Waals surface area contributed by atoms with Gasteiger partial charge in [0.1, 0.15) is 0 Å². The van der Waals surface area contributed by atoms with Crippen LogP contribution in [0, 0.1) is 6.92 Å². The number of para-hydroxylation sites is 1. The molecule has 2 aromatic rings. The number of hydrogen-bond donors (Lipinski definition) is 1. The minimum absolute atomic E-state index is 0.0129. The predicted molar refractivity (Wildman–Crippen MR) is 95.8 cm³/mol. The molecular formula is C18H22N2O3S. The van der Waals surface area contributed by atoms with E-state index < -0.39 is 9.84 Å². The van der Waals surface area contributed by atoms with Crippen LogP contribution in [0.15, 0.2) is 30.3 Å². The first-order valence-corrected chi connectivity index (χ1v) is 10.0. The van der Waals surface area contributed by atoms with Crippen LogP contribution < -0.4 is 5.32 Å². The van der Waals surface area contributed by atoms with Crippen LogP contribution in [0.4, 0.5) is 5.69 Å². The first-order chi connectivity index (χ1) is 11.5. The molecule has 1 amide bonds. The van der Waals surface area contributed by atoms with Crippen molar-refractivity contribution in [2.45, 2.75) is 44.3 Å². The lowest BCUT2D eigenvalue weighted by molar-refractivity contribution is -0.115. The number of hydrogen-bond acceptors (Lipinski definition) is 4.